The van der Waals surface area contributed by atoms with Gasteiger partial charge < -0.3 is 14.7 Å². The van der Waals surface area contributed by atoms with Crippen LogP contribution in [0.1, 0.15) is 24.2 Å². The zero-order chi connectivity index (χ0) is 20.1. The van der Waals surface area contributed by atoms with E-state index >= 15 is 0 Å². The summed E-state index contributed by atoms with van der Waals surface area (Å²) in [6, 6.07) is 5.59. The van der Waals surface area contributed by atoms with Gasteiger partial charge in [0.1, 0.15) is 11.8 Å². The maximum Gasteiger partial charge on any atom is 0.327 e. The monoisotopic (exact) mass is 411 g/mol. The average molecular weight is 412 g/mol. The van der Waals surface area contributed by atoms with Gasteiger partial charge in [-0.05, 0) is 12.1 Å². The number of thioether (sulfide) groups is 2. The van der Waals surface area contributed by atoms with E-state index in [1.807, 2.05) is 0 Å². The number of carbonyl (C=O) groups excluding carboxylic acids is 3. The second kappa shape index (κ2) is 9.27. The Balaban J connectivity index is 2.28. The van der Waals surface area contributed by atoms with Crippen molar-refractivity contribution in [2.24, 2.45) is 5.92 Å². The smallest absolute Gasteiger partial charge is 0.327 e. The van der Waals surface area contributed by atoms with Crippen LogP contribution in [-0.2, 0) is 14.4 Å². The van der Waals surface area contributed by atoms with Crippen LogP contribution in [0.4, 0.5) is 0 Å². The van der Waals surface area contributed by atoms with Crippen LogP contribution in [0.15, 0.2) is 24.3 Å². The highest BCUT2D eigenvalue weighted by Crippen LogP contribution is 2.30. The molecule has 0 aliphatic carbocycles. The van der Waals surface area contributed by atoms with Crippen LogP contribution in [0, 0.1) is 5.92 Å². The molecule has 0 unspecified atom stereocenters. The summed E-state index contributed by atoms with van der Waals surface area (Å²) in [7, 11) is 1.48. The zero-order valence-electron chi connectivity index (χ0n) is 15.2. The van der Waals surface area contributed by atoms with Crippen molar-refractivity contribution in [3.63, 3.8) is 0 Å². The molecule has 1 aliphatic rings. The Morgan fingerprint density at radius 2 is 2.04 bits per heavy atom. The second-order valence-corrected chi connectivity index (χ2v) is 8.40. The van der Waals surface area contributed by atoms with E-state index in [9.17, 15) is 24.3 Å². The number of benzene rings is 1. The SMILES string of the molecule is COc1cccc(C(=O)[C@H](SC(C)=O)[C@@H](C)C(=O)N2CSC[C@H]2C(=O)O)c1. The maximum absolute atomic E-state index is 13.0. The van der Waals surface area contributed by atoms with Gasteiger partial charge >= 0.3 is 5.97 Å². The number of Topliss-reactive ketones (excluding diaryl/α,β-unsaturated/α-hetero) is 1. The molecule has 0 radical (unpaired) electrons. The lowest BCUT2D eigenvalue weighted by molar-refractivity contribution is -0.149. The van der Waals surface area contributed by atoms with Crippen LogP contribution < -0.4 is 4.74 Å². The minimum atomic E-state index is -1.07. The molecule has 0 spiro atoms. The Labute approximate surface area is 165 Å². The van der Waals surface area contributed by atoms with Crippen LogP contribution in [0.2, 0.25) is 0 Å². The molecule has 1 N–H and O–H groups in total. The van der Waals surface area contributed by atoms with Gasteiger partial charge in [-0.25, -0.2) is 4.79 Å². The van der Waals surface area contributed by atoms with E-state index in [4.69, 9.17) is 4.74 Å². The molecule has 1 aromatic carbocycles. The first kappa shape index (κ1) is 21.3. The number of nitrogens with zero attached hydrogens (tertiary/aromatic N) is 1. The summed E-state index contributed by atoms with van der Waals surface area (Å²) < 4.78 is 5.13. The van der Waals surface area contributed by atoms with Crippen molar-refractivity contribution in [2.45, 2.75) is 25.1 Å². The van der Waals surface area contributed by atoms with Crippen molar-refractivity contribution in [3.8, 4) is 5.75 Å². The molecule has 1 amide bonds. The summed E-state index contributed by atoms with van der Waals surface area (Å²) in [6.45, 7) is 2.89. The number of ketones is 1. The van der Waals surface area contributed by atoms with E-state index < -0.39 is 29.1 Å². The molecular formula is C18H21NO6S2. The van der Waals surface area contributed by atoms with Gasteiger partial charge in [-0.15, -0.1) is 11.8 Å². The number of ether oxygens (including phenoxy) is 1. The van der Waals surface area contributed by atoms with Crippen molar-refractivity contribution < 1.29 is 29.0 Å². The van der Waals surface area contributed by atoms with Gasteiger partial charge in [-0.3, -0.25) is 14.4 Å². The molecule has 1 aliphatic heterocycles. The minimum absolute atomic E-state index is 0.255. The standard InChI is InChI=1S/C18H21NO6S2/c1-10(17(22)19-9-26-8-14(19)18(23)24)16(27-11(2)20)15(21)12-5-4-6-13(7-12)25-3/h4-7,10,14,16H,8-9H2,1-3H3,(H,23,24)/t10-,14+,16-/m1/s1. The van der Waals surface area contributed by atoms with Crippen molar-refractivity contribution in [1.82, 2.24) is 4.90 Å². The Morgan fingerprint density at radius 1 is 1.33 bits per heavy atom. The van der Waals surface area contributed by atoms with Gasteiger partial charge in [-0.2, -0.15) is 0 Å². The van der Waals surface area contributed by atoms with E-state index in [-0.39, 0.29) is 16.8 Å². The molecule has 1 fully saturated rings. The second-order valence-electron chi connectivity index (χ2n) is 6.08. The van der Waals surface area contributed by atoms with E-state index in [0.29, 0.717) is 17.1 Å². The Bertz CT molecular complexity index is 753. The third-order valence-electron chi connectivity index (χ3n) is 4.20. The van der Waals surface area contributed by atoms with Crippen molar-refractivity contribution in [2.75, 3.05) is 18.7 Å². The fourth-order valence-electron chi connectivity index (χ4n) is 2.76. The zero-order valence-corrected chi connectivity index (χ0v) is 16.8. The molecule has 0 aromatic heterocycles. The number of carbonyl (C=O) groups is 4. The molecule has 7 nitrogen and oxygen atoms in total. The average Bonchev–Trinajstić information content (AvgIpc) is 3.14. The predicted octanol–water partition coefficient (Wildman–Crippen LogP) is 2.15. The maximum atomic E-state index is 13.0. The number of amides is 1. The summed E-state index contributed by atoms with van der Waals surface area (Å²) in [4.78, 5) is 50.2. The van der Waals surface area contributed by atoms with Crippen LogP contribution >= 0.6 is 23.5 Å². The Morgan fingerprint density at radius 3 is 2.63 bits per heavy atom. The molecule has 2 rings (SSSR count). The quantitative estimate of drug-likeness (QED) is 0.681. The third kappa shape index (κ3) is 5.04. The van der Waals surface area contributed by atoms with Crippen molar-refractivity contribution in [3.05, 3.63) is 29.8 Å². The first-order valence-electron chi connectivity index (χ1n) is 8.22. The Hall–Kier alpha value is -2.00. The third-order valence-corrected chi connectivity index (χ3v) is 6.42. The number of hydrogen-bond acceptors (Lipinski definition) is 7. The summed E-state index contributed by atoms with van der Waals surface area (Å²) >= 11 is 2.14. The van der Waals surface area contributed by atoms with Crippen molar-refractivity contribution >= 4 is 46.3 Å². The van der Waals surface area contributed by atoms with Crippen LogP contribution in [0.5, 0.6) is 5.75 Å². The molecule has 1 aromatic rings. The first-order chi connectivity index (χ1) is 12.8. The number of hydrogen-bond donors (Lipinski definition) is 1. The normalized spacial score (nSPS) is 18.6. The van der Waals surface area contributed by atoms with E-state index in [2.05, 4.69) is 0 Å². The van der Waals surface area contributed by atoms with Crippen molar-refractivity contribution in [1.29, 1.82) is 0 Å². The minimum Gasteiger partial charge on any atom is -0.497 e. The highest BCUT2D eigenvalue weighted by atomic mass is 32.2. The number of aliphatic carboxylic acids is 1. The topological polar surface area (TPSA) is 101 Å². The van der Waals surface area contributed by atoms with Crippen LogP contribution in [0.3, 0.4) is 0 Å². The lowest BCUT2D eigenvalue weighted by Gasteiger charge is -2.27. The number of carboxylic acid groups (broad SMARTS) is 1. The van der Waals surface area contributed by atoms with Crippen LogP contribution in [-0.4, -0.2) is 62.8 Å². The predicted molar refractivity (Wildman–Crippen MR) is 104 cm³/mol. The fourth-order valence-corrected chi connectivity index (χ4v) is 4.83. The highest BCUT2D eigenvalue weighted by molar-refractivity contribution is 8.14. The van der Waals surface area contributed by atoms with Gasteiger partial charge in [0.2, 0.25) is 5.91 Å². The molecule has 27 heavy (non-hydrogen) atoms. The highest BCUT2D eigenvalue weighted by Gasteiger charge is 2.41. The van der Waals surface area contributed by atoms with Gasteiger partial charge in [0.05, 0.1) is 24.2 Å². The van der Waals surface area contributed by atoms with E-state index in [0.717, 1.165) is 11.8 Å². The fraction of sp³-hybridized carbons (Fsp3) is 0.444. The number of rotatable bonds is 7. The molecule has 1 heterocycles. The molecular weight excluding hydrogens is 390 g/mol. The van der Waals surface area contributed by atoms with Crippen LogP contribution in [0.25, 0.3) is 0 Å². The van der Waals surface area contributed by atoms with E-state index in [1.165, 1.54) is 30.7 Å². The van der Waals surface area contributed by atoms with E-state index in [1.54, 1.807) is 31.2 Å². The lowest BCUT2D eigenvalue weighted by atomic mass is 9.97. The van der Waals surface area contributed by atoms with Gasteiger partial charge in [0.15, 0.2) is 10.9 Å². The lowest BCUT2D eigenvalue weighted by Crippen LogP contribution is -2.47. The molecule has 146 valence electrons. The summed E-state index contributed by atoms with van der Waals surface area (Å²) in [5, 5.41) is 8.06. The summed E-state index contributed by atoms with van der Waals surface area (Å²) in [5.41, 5.74) is 0.332. The number of methoxy groups -OCH3 is 1. The summed E-state index contributed by atoms with van der Waals surface area (Å²) in [5.74, 6) is -1.68. The summed E-state index contributed by atoms with van der Waals surface area (Å²) in [6.07, 6.45) is 0. The Kier molecular flexibility index (Phi) is 7.32. The molecule has 9 heteroatoms. The molecule has 0 bridgehead atoms. The first-order valence-corrected chi connectivity index (χ1v) is 10.3. The molecule has 3 atom stereocenters. The van der Waals surface area contributed by atoms with Gasteiger partial charge in [0, 0.05) is 18.2 Å². The number of carboxylic acids is 1. The van der Waals surface area contributed by atoms with Gasteiger partial charge in [0.25, 0.3) is 0 Å². The van der Waals surface area contributed by atoms with Gasteiger partial charge in [-0.1, -0.05) is 30.8 Å². The molecule has 0 saturated carbocycles. The molecule has 1 saturated heterocycles. The largest absolute Gasteiger partial charge is 0.497 e.